The Labute approximate surface area is 219 Å². The lowest BCUT2D eigenvalue weighted by molar-refractivity contribution is -0.113. The molecule has 0 unspecified atom stereocenters. The van der Waals surface area contributed by atoms with Gasteiger partial charge in [-0.1, -0.05) is 96.8 Å². The molecular weight excluding hydrogens is 565 g/mol. The number of anilines is 1. The van der Waals surface area contributed by atoms with E-state index in [0.29, 0.717) is 25.6 Å². The first kappa shape index (κ1) is 25.9. The van der Waals surface area contributed by atoms with E-state index in [1.807, 2.05) is 28.7 Å². The van der Waals surface area contributed by atoms with Crippen molar-refractivity contribution in [1.29, 1.82) is 0 Å². The molecule has 2 aromatic carbocycles. The number of benzene rings is 2. The first-order chi connectivity index (χ1) is 16.0. The summed E-state index contributed by atoms with van der Waals surface area (Å²) < 4.78 is 0.329. The Kier molecular flexibility index (Phi) is 10.4. The molecule has 0 radical (unpaired) electrons. The van der Waals surface area contributed by atoms with Gasteiger partial charge in [0.2, 0.25) is 5.91 Å². The van der Waals surface area contributed by atoms with Crippen LogP contribution in [0.4, 0.5) is 5.00 Å². The number of alkyl halides is 1. The van der Waals surface area contributed by atoms with Gasteiger partial charge in [-0.25, -0.2) is 0 Å². The molecule has 1 amide bonds. The smallest absolute Gasteiger partial charge is 0.234 e. The molecule has 6 heteroatoms. The zero-order valence-corrected chi connectivity index (χ0v) is 22.6. The molecule has 0 aliphatic carbocycles. The molecule has 0 aliphatic rings. The maximum absolute atomic E-state index is 13.2. The van der Waals surface area contributed by atoms with Crippen LogP contribution in [-0.4, -0.2) is 16.1 Å². The van der Waals surface area contributed by atoms with Gasteiger partial charge in [0.25, 0.3) is 0 Å². The molecule has 174 valence electrons. The minimum atomic E-state index is -0.167. The number of unbranched alkanes of at least 4 members (excludes halogenated alkanes) is 3. The predicted octanol–water partition coefficient (Wildman–Crippen LogP) is 7.91. The monoisotopic (exact) mass is 593 g/mol. The fourth-order valence-electron chi connectivity index (χ4n) is 3.67. The van der Waals surface area contributed by atoms with Crippen molar-refractivity contribution < 1.29 is 9.59 Å². The largest absolute Gasteiger partial charge is 0.316 e. The summed E-state index contributed by atoms with van der Waals surface area (Å²) in [6.45, 7) is 2.23. The summed E-state index contributed by atoms with van der Waals surface area (Å²) in [5, 5.41) is 3.90. The molecule has 3 nitrogen and oxygen atoms in total. The molecule has 0 atom stereocenters. The average Bonchev–Trinajstić information content (AvgIpc) is 3.23. The second kappa shape index (κ2) is 13.3. The first-order valence-electron chi connectivity index (χ1n) is 11.4. The van der Waals surface area contributed by atoms with E-state index in [-0.39, 0.29) is 11.7 Å². The van der Waals surface area contributed by atoms with Crippen LogP contribution in [0, 0.1) is 0 Å². The number of hydrogen-bond donors (Lipinski definition) is 1. The lowest BCUT2D eigenvalue weighted by atomic mass is 10.0. The maximum Gasteiger partial charge on any atom is 0.234 e. The van der Waals surface area contributed by atoms with Gasteiger partial charge in [-0.05, 0) is 55.0 Å². The fourth-order valence-corrected chi connectivity index (χ4v) is 5.16. The van der Waals surface area contributed by atoms with Gasteiger partial charge in [-0.3, -0.25) is 9.59 Å². The molecule has 0 spiro atoms. The molecule has 1 N–H and O–H groups in total. The van der Waals surface area contributed by atoms with Crippen LogP contribution in [0.1, 0.15) is 64.5 Å². The summed E-state index contributed by atoms with van der Waals surface area (Å²) in [4.78, 5) is 26.3. The number of nitrogens with one attached hydrogen (secondary N) is 1. The van der Waals surface area contributed by atoms with Crippen LogP contribution in [0.25, 0.3) is 0 Å². The molecule has 0 aliphatic heterocycles. The Bertz CT molecular complexity index is 1080. The van der Waals surface area contributed by atoms with Gasteiger partial charge in [0.1, 0.15) is 5.00 Å². The molecule has 0 saturated carbocycles. The van der Waals surface area contributed by atoms with Gasteiger partial charge in [-0.15, -0.1) is 11.3 Å². The zero-order valence-electron chi connectivity index (χ0n) is 18.8. The number of thiophene rings is 1. The van der Waals surface area contributed by atoms with Crippen LogP contribution in [-0.2, 0) is 24.1 Å². The number of amides is 1. The van der Waals surface area contributed by atoms with Crippen LogP contribution in [0.5, 0.6) is 0 Å². The Morgan fingerprint density at radius 3 is 2.27 bits per heavy atom. The first-order valence-corrected chi connectivity index (χ1v) is 14.1. The van der Waals surface area contributed by atoms with E-state index in [4.69, 9.17) is 11.6 Å². The SMILES string of the molecule is CCCCCCc1ccc(CCc2cc(C(=O)c3ccccc3Cl)c(NC(=O)CI)s2)cc1. The van der Waals surface area contributed by atoms with Crippen LogP contribution in [0.15, 0.2) is 54.6 Å². The minimum Gasteiger partial charge on any atom is -0.316 e. The highest BCUT2D eigenvalue weighted by Gasteiger charge is 2.21. The molecule has 1 aromatic heterocycles. The highest BCUT2D eigenvalue weighted by molar-refractivity contribution is 14.1. The van der Waals surface area contributed by atoms with Crippen LogP contribution in [0.3, 0.4) is 0 Å². The normalized spacial score (nSPS) is 10.9. The zero-order chi connectivity index (χ0) is 23.6. The summed E-state index contributed by atoms with van der Waals surface area (Å²) in [6, 6.07) is 17.8. The van der Waals surface area contributed by atoms with Crippen molar-refractivity contribution >= 4 is 62.2 Å². The van der Waals surface area contributed by atoms with Crippen molar-refractivity contribution in [2.75, 3.05) is 9.74 Å². The summed E-state index contributed by atoms with van der Waals surface area (Å²) in [7, 11) is 0. The Hall–Kier alpha value is -1.70. The molecule has 33 heavy (non-hydrogen) atoms. The topological polar surface area (TPSA) is 46.2 Å². The Morgan fingerprint density at radius 2 is 1.61 bits per heavy atom. The molecule has 3 rings (SSSR count). The highest BCUT2D eigenvalue weighted by atomic mass is 127. The van der Waals surface area contributed by atoms with E-state index in [9.17, 15) is 9.59 Å². The van der Waals surface area contributed by atoms with Gasteiger partial charge in [0.05, 0.1) is 15.0 Å². The molecule has 0 bridgehead atoms. The third kappa shape index (κ3) is 7.66. The van der Waals surface area contributed by atoms with Crippen molar-refractivity contribution in [3.63, 3.8) is 0 Å². The lowest BCUT2D eigenvalue weighted by Gasteiger charge is -2.05. The van der Waals surface area contributed by atoms with Crippen molar-refractivity contribution in [2.24, 2.45) is 0 Å². The number of rotatable bonds is 12. The number of aryl methyl sites for hydroxylation is 3. The number of halogens is 2. The van der Waals surface area contributed by atoms with Gasteiger partial charge >= 0.3 is 0 Å². The minimum absolute atomic E-state index is 0.119. The van der Waals surface area contributed by atoms with E-state index in [1.165, 1.54) is 48.1 Å². The van der Waals surface area contributed by atoms with Gasteiger partial charge in [-0.2, -0.15) is 0 Å². The van der Waals surface area contributed by atoms with Gasteiger partial charge in [0.15, 0.2) is 5.78 Å². The summed E-state index contributed by atoms with van der Waals surface area (Å²) in [5.41, 5.74) is 3.62. The van der Waals surface area contributed by atoms with Gasteiger partial charge < -0.3 is 5.32 Å². The third-order valence-corrected chi connectivity index (χ3v) is 7.66. The second-order valence-corrected chi connectivity index (χ2v) is 10.4. The fraction of sp³-hybridized carbons (Fsp3) is 0.333. The Morgan fingerprint density at radius 1 is 0.909 bits per heavy atom. The summed E-state index contributed by atoms with van der Waals surface area (Å²) in [6.07, 6.45) is 7.94. The van der Waals surface area contributed by atoms with Crippen molar-refractivity contribution in [3.8, 4) is 0 Å². The van der Waals surface area contributed by atoms with E-state index >= 15 is 0 Å². The average molecular weight is 594 g/mol. The predicted molar refractivity (Wildman–Crippen MR) is 148 cm³/mol. The summed E-state index contributed by atoms with van der Waals surface area (Å²) >= 11 is 9.75. The maximum atomic E-state index is 13.2. The molecular formula is C27H29ClINO2S. The standard InChI is InChI=1S/C27H29ClINO2S/c1-2-3-4-5-8-19-11-13-20(14-12-19)15-16-21-17-23(27(33-21)30-25(31)18-29)26(32)22-9-6-7-10-24(22)28/h6-7,9-14,17H,2-5,8,15-16,18H2,1H3,(H,30,31). The number of carbonyl (C=O) groups excluding carboxylic acids is 2. The summed E-state index contributed by atoms with van der Waals surface area (Å²) in [5.74, 6) is -0.286. The van der Waals surface area contributed by atoms with E-state index in [2.05, 4.69) is 36.5 Å². The molecule has 1 heterocycles. The van der Waals surface area contributed by atoms with Gasteiger partial charge in [0, 0.05) is 10.4 Å². The highest BCUT2D eigenvalue weighted by Crippen LogP contribution is 2.32. The third-order valence-electron chi connectivity index (χ3n) is 5.52. The number of ketones is 1. The molecule has 0 saturated heterocycles. The second-order valence-electron chi connectivity index (χ2n) is 8.07. The van der Waals surface area contributed by atoms with Crippen LogP contribution >= 0.6 is 45.5 Å². The number of hydrogen-bond acceptors (Lipinski definition) is 3. The van der Waals surface area contributed by atoms with E-state index < -0.39 is 0 Å². The molecule has 3 aromatic rings. The lowest BCUT2D eigenvalue weighted by Crippen LogP contribution is -2.14. The quantitative estimate of drug-likeness (QED) is 0.100. The number of carbonyl (C=O) groups is 2. The van der Waals surface area contributed by atoms with E-state index in [0.717, 1.165) is 24.1 Å². The van der Waals surface area contributed by atoms with Crippen LogP contribution in [0.2, 0.25) is 5.02 Å². The van der Waals surface area contributed by atoms with E-state index in [1.54, 1.807) is 24.3 Å². The van der Waals surface area contributed by atoms with Crippen molar-refractivity contribution in [3.05, 3.63) is 86.8 Å². The Balaban J connectivity index is 1.70. The molecule has 0 fully saturated rings. The van der Waals surface area contributed by atoms with Crippen molar-refractivity contribution in [1.82, 2.24) is 0 Å². The van der Waals surface area contributed by atoms with Crippen LogP contribution < -0.4 is 5.32 Å². The van der Waals surface area contributed by atoms with Crippen molar-refractivity contribution in [2.45, 2.75) is 51.9 Å².